The molecule has 1 rings (SSSR count). The third-order valence-corrected chi connectivity index (χ3v) is 3.22. The van der Waals surface area contributed by atoms with Crippen LogP contribution < -0.4 is 10.1 Å². The molecule has 1 unspecified atom stereocenters. The highest BCUT2D eigenvalue weighted by molar-refractivity contribution is 5.41. The molecule has 1 atom stereocenters. The minimum absolute atomic E-state index is 0.0549. The van der Waals surface area contributed by atoms with Crippen LogP contribution in [0.1, 0.15) is 45.2 Å². The highest BCUT2D eigenvalue weighted by Crippen LogP contribution is 2.32. The van der Waals surface area contributed by atoms with Crippen molar-refractivity contribution in [2.24, 2.45) is 0 Å². The lowest BCUT2D eigenvalue weighted by Crippen LogP contribution is -2.29. The third kappa shape index (κ3) is 4.86. The number of hydrogen-bond acceptors (Lipinski definition) is 3. The van der Waals surface area contributed by atoms with E-state index in [-0.39, 0.29) is 11.5 Å². The Balaban J connectivity index is 2.72. The van der Waals surface area contributed by atoms with Gasteiger partial charge in [0.15, 0.2) is 0 Å². The molecule has 110 valence electrons. The Morgan fingerprint density at radius 2 is 2.05 bits per heavy atom. The summed E-state index contributed by atoms with van der Waals surface area (Å²) in [5, 5.41) is 12.1. The average Bonchev–Trinajstić information content (AvgIpc) is 2.36. The Bertz CT molecular complexity index is 469. The van der Waals surface area contributed by atoms with Gasteiger partial charge < -0.3 is 10.1 Å². The second-order valence-electron chi connectivity index (χ2n) is 6.13. The average molecular weight is 274 g/mol. The van der Waals surface area contributed by atoms with Crippen molar-refractivity contribution in [3.05, 3.63) is 29.3 Å². The van der Waals surface area contributed by atoms with Crippen LogP contribution in [0.5, 0.6) is 5.75 Å². The maximum atomic E-state index is 9.01. The molecule has 0 heterocycles. The minimum atomic E-state index is -0.136. The predicted octanol–water partition coefficient (Wildman–Crippen LogP) is 3.56. The van der Waals surface area contributed by atoms with Gasteiger partial charge in [0.05, 0.1) is 18.7 Å². The third-order valence-electron chi connectivity index (χ3n) is 3.22. The second kappa shape index (κ2) is 7.31. The molecule has 20 heavy (non-hydrogen) atoms. The molecule has 1 aromatic rings. The van der Waals surface area contributed by atoms with E-state index in [0.717, 1.165) is 12.3 Å². The standard InChI is InChI=1S/C17H26N2O/c1-6-19-14(12-18)9-10-20-16-11-13(2)7-8-15(16)17(3,4)5/h7-8,11,14,19H,6,9-10H2,1-5H3. The maximum Gasteiger partial charge on any atom is 0.123 e. The van der Waals surface area contributed by atoms with E-state index in [9.17, 15) is 0 Å². The molecule has 0 aromatic heterocycles. The Morgan fingerprint density at radius 1 is 1.35 bits per heavy atom. The molecule has 0 bridgehead atoms. The zero-order chi connectivity index (χ0) is 15.2. The molecule has 0 aliphatic carbocycles. The quantitative estimate of drug-likeness (QED) is 0.862. The van der Waals surface area contributed by atoms with Gasteiger partial charge in [0.25, 0.3) is 0 Å². The molecular formula is C17H26N2O. The van der Waals surface area contributed by atoms with Crippen molar-refractivity contribution in [3.8, 4) is 11.8 Å². The molecule has 0 radical (unpaired) electrons. The molecule has 3 nitrogen and oxygen atoms in total. The summed E-state index contributed by atoms with van der Waals surface area (Å²) in [6, 6.07) is 8.45. The summed E-state index contributed by atoms with van der Waals surface area (Å²) in [4.78, 5) is 0. The number of ether oxygens (including phenoxy) is 1. The first kappa shape index (κ1) is 16.5. The van der Waals surface area contributed by atoms with Gasteiger partial charge in [0.2, 0.25) is 0 Å². The van der Waals surface area contributed by atoms with Crippen molar-refractivity contribution in [2.75, 3.05) is 13.2 Å². The molecule has 0 saturated carbocycles. The van der Waals surface area contributed by atoms with Crippen LogP contribution in [0.2, 0.25) is 0 Å². The molecule has 0 fully saturated rings. The Labute approximate surface area is 123 Å². The van der Waals surface area contributed by atoms with E-state index in [4.69, 9.17) is 10.00 Å². The molecule has 0 aliphatic rings. The molecule has 0 spiro atoms. The number of nitrogens with one attached hydrogen (secondary N) is 1. The summed E-state index contributed by atoms with van der Waals surface area (Å²) < 4.78 is 5.93. The zero-order valence-electron chi connectivity index (χ0n) is 13.3. The van der Waals surface area contributed by atoms with Crippen LogP contribution in [0.15, 0.2) is 18.2 Å². The van der Waals surface area contributed by atoms with E-state index in [0.29, 0.717) is 13.0 Å². The molecule has 1 N–H and O–H groups in total. The van der Waals surface area contributed by atoms with Crippen molar-refractivity contribution in [1.29, 1.82) is 5.26 Å². The Hall–Kier alpha value is -1.53. The van der Waals surface area contributed by atoms with Gasteiger partial charge >= 0.3 is 0 Å². The van der Waals surface area contributed by atoms with E-state index >= 15 is 0 Å². The summed E-state index contributed by atoms with van der Waals surface area (Å²) in [7, 11) is 0. The van der Waals surface area contributed by atoms with Gasteiger partial charge in [-0.1, -0.05) is 39.8 Å². The fourth-order valence-electron chi connectivity index (χ4n) is 2.11. The van der Waals surface area contributed by atoms with Crippen LogP contribution in [0, 0.1) is 18.3 Å². The second-order valence-corrected chi connectivity index (χ2v) is 6.13. The van der Waals surface area contributed by atoms with Crippen LogP contribution in [0.4, 0.5) is 0 Å². The summed E-state index contributed by atoms with van der Waals surface area (Å²) in [6.07, 6.45) is 0.696. The number of benzene rings is 1. The summed E-state index contributed by atoms with van der Waals surface area (Å²) in [5.74, 6) is 0.936. The largest absolute Gasteiger partial charge is 0.493 e. The van der Waals surface area contributed by atoms with Crippen molar-refractivity contribution < 1.29 is 4.74 Å². The Morgan fingerprint density at radius 3 is 2.60 bits per heavy atom. The van der Waals surface area contributed by atoms with E-state index in [2.05, 4.69) is 57.3 Å². The van der Waals surface area contributed by atoms with Crippen molar-refractivity contribution in [2.45, 2.75) is 52.5 Å². The van der Waals surface area contributed by atoms with Gasteiger partial charge in [0, 0.05) is 6.42 Å². The molecule has 1 aromatic carbocycles. The van der Waals surface area contributed by atoms with Crippen LogP contribution in [-0.2, 0) is 5.41 Å². The number of rotatable bonds is 6. The number of aryl methyl sites for hydroxylation is 1. The van der Waals surface area contributed by atoms with E-state index in [1.807, 2.05) is 6.92 Å². The first-order valence-electron chi connectivity index (χ1n) is 7.25. The first-order valence-corrected chi connectivity index (χ1v) is 7.25. The lowest BCUT2D eigenvalue weighted by atomic mass is 9.86. The lowest BCUT2D eigenvalue weighted by molar-refractivity contribution is 0.291. The van der Waals surface area contributed by atoms with Crippen molar-refractivity contribution in [1.82, 2.24) is 5.32 Å². The summed E-state index contributed by atoms with van der Waals surface area (Å²) >= 11 is 0. The molecule has 3 heteroatoms. The van der Waals surface area contributed by atoms with E-state index in [1.54, 1.807) is 0 Å². The van der Waals surface area contributed by atoms with Gasteiger partial charge in [-0.05, 0) is 36.1 Å². The highest BCUT2D eigenvalue weighted by Gasteiger charge is 2.19. The summed E-state index contributed by atoms with van der Waals surface area (Å²) in [5.41, 5.74) is 2.45. The van der Waals surface area contributed by atoms with Gasteiger partial charge in [-0.3, -0.25) is 0 Å². The van der Waals surface area contributed by atoms with E-state index < -0.39 is 0 Å². The Kier molecular flexibility index (Phi) is 6.04. The first-order chi connectivity index (χ1) is 9.38. The van der Waals surface area contributed by atoms with Crippen LogP contribution in [-0.4, -0.2) is 19.2 Å². The molecule has 0 saturated heterocycles. The normalized spacial score (nSPS) is 12.8. The fraction of sp³-hybridized carbons (Fsp3) is 0.588. The smallest absolute Gasteiger partial charge is 0.123 e. The van der Waals surface area contributed by atoms with Gasteiger partial charge in [-0.15, -0.1) is 0 Å². The van der Waals surface area contributed by atoms with Crippen LogP contribution in [0.3, 0.4) is 0 Å². The SMILES string of the molecule is CCNC(C#N)CCOc1cc(C)ccc1C(C)(C)C. The lowest BCUT2D eigenvalue weighted by Gasteiger charge is -2.23. The van der Waals surface area contributed by atoms with Crippen LogP contribution in [0.25, 0.3) is 0 Å². The van der Waals surface area contributed by atoms with Gasteiger partial charge in [-0.2, -0.15) is 5.26 Å². The fourth-order valence-corrected chi connectivity index (χ4v) is 2.11. The minimum Gasteiger partial charge on any atom is -0.493 e. The monoisotopic (exact) mass is 274 g/mol. The topological polar surface area (TPSA) is 45.0 Å². The number of hydrogen-bond donors (Lipinski definition) is 1. The van der Waals surface area contributed by atoms with Crippen molar-refractivity contribution >= 4 is 0 Å². The molecular weight excluding hydrogens is 248 g/mol. The number of nitriles is 1. The summed E-state index contributed by atoms with van der Waals surface area (Å²) in [6.45, 7) is 12.0. The zero-order valence-corrected chi connectivity index (χ0v) is 13.3. The highest BCUT2D eigenvalue weighted by atomic mass is 16.5. The number of nitrogens with zero attached hydrogens (tertiary/aromatic N) is 1. The predicted molar refractivity (Wildman–Crippen MR) is 83.1 cm³/mol. The molecule has 0 amide bonds. The van der Waals surface area contributed by atoms with E-state index in [1.165, 1.54) is 11.1 Å². The van der Waals surface area contributed by atoms with Gasteiger partial charge in [0.1, 0.15) is 5.75 Å². The molecule has 0 aliphatic heterocycles. The van der Waals surface area contributed by atoms with Crippen LogP contribution >= 0.6 is 0 Å². The van der Waals surface area contributed by atoms with Gasteiger partial charge in [-0.25, -0.2) is 0 Å². The maximum absolute atomic E-state index is 9.01. The van der Waals surface area contributed by atoms with Crippen molar-refractivity contribution in [3.63, 3.8) is 0 Å².